The molecule has 0 saturated carbocycles. The van der Waals surface area contributed by atoms with Gasteiger partial charge in [0.1, 0.15) is 4.90 Å². The van der Waals surface area contributed by atoms with Crippen molar-refractivity contribution in [2.75, 3.05) is 6.61 Å². The second-order valence-electron chi connectivity index (χ2n) is 5.03. The zero-order chi connectivity index (χ0) is 15.0. The molecule has 116 valence electrons. The molecule has 0 spiro atoms. The van der Waals surface area contributed by atoms with Crippen molar-refractivity contribution in [3.63, 3.8) is 0 Å². The molecule has 0 radical (unpaired) electrons. The molecule has 1 aromatic rings. The van der Waals surface area contributed by atoms with Crippen LogP contribution in [0.5, 0.6) is 0 Å². The first-order valence-corrected chi connectivity index (χ1v) is 8.63. The number of aromatic nitrogens is 2. The number of unbranched alkanes of at least 4 members (excludes halogenated alkanes) is 3. The summed E-state index contributed by atoms with van der Waals surface area (Å²) in [6, 6.07) is -0.0851. The van der Waals surface area contributed by atoms with E-state index in [9.17, 15) is 8.42 Å². The molecule has 1 heterocycles. The summed E-state index contributed by atoms with van der Waals surface area (Å²) in [6.07, 6.45) is 8.10. The van der Waals surface area contributed by atoms with E-state index in [1.807, 2.05) is 6.92 Å². The summed E-state index contributed by atoms with van der Waals surface area (Å²) in [4.78, 5) is 0.145. The van der Waals surface area contributed by atoms with Crippen molar-refractivity contribution in [1.82, 2.24) is 14.5 Å². The SMILES string of the molecule is CCCCCCC(C)NS(=O)(=O)c1cnn(CCO)c1. The zero-order valence-corrected chi connectivity index (χ0v) is 13.1. The molecular formula is C13H25N3O3S. The van der Waals surface area contributed by atoms with Crippen molar-refractivity contribution >= 4 is 10.0 Å². The van der Waals surface area contributed by atoms with Gasteiger partial charge in [0.25, 0.3) is 0 Å². The molecule has 7 heteroatoms. The van der Waals surface area contributed by atoms with Gasteiger partial charge >= 0.3 is 0 Å². The lowest BCUT2D eigenvalue weighted by Crippen LogP contribution is -2.32. The van der Waals surface area contributed by atoms with Gasteiger partial charge in [0.2, 0.25) is 10.0 Å². The molecule has 0 aliphatic rings. The van der Waals surface area contributed by atoms with E-state index in [1.54, 1.807) is 0 Å². The molecule has 1 rings (SSSR count). The van der Waals surface area contributed by atoms with Gasteiger partial charge in [-0.2, -0.15) is 5.10 Å². The van der Waals surface area contributed by atoms with Gasteiger partial charge in [0.15, 0.2) is 0 Å². The number of nitrogens with one attached hydrogen (secondary N) is 1. The first-order chi connectivity index (χ1) is 9.49. The number of aliphatic hydroxyl groups excluding tert-OH is 1. The first-order valence-electron chi connectivity index (χ1n) is 7.15. The minimum absolute atomic E-state index is 0.0670. The number of hydrogen-bond acceptors (Lipinski definition) is 4. The Morgan fingerprint density at radius 3 is 2.80 bits per heavy atom. The number of sulfonamides is 1. The molecule has 0 bridgehead atoms. The van der Waals surface area contributed by atoms with Gasteiger partial charge in [-0.3, -0.25) is 4.68 Å². The van der Waals surface area contributed by atoms with Crippen molar-refractivity contribution < 1.29 is 13.5 Å². The van der Waals surface area contributed by atoms with Gasteiger partial charge in [-0.05, 0) is 13.3 Å². The van der Waals surface area contributed by atoms with Gasteiger partial charge in [0.05, 0.1) is 19.3 Å². The monoisotopic (exact) mass is 303 g/mol. The fraction of sp³-hybridized carbons (Fsp3) is 0.769. The molecule has 0 aromatic carbocycles. The van der Waals surface area contributed by atoms with Crippen molar-refractivity contribution in [2.24, 2.45) is 0 Å². The Morgan fingerprint density at radius 2 is 2.15 bits per heavy atom. The molecule has 1 unspecified atom stereocenters. The molecule has 2 N–H and O–H groups in total. The maximum atomic E-state index is 12.1. The number of hydrogen-bond donors (Lipinski definition) is 2. The Hall–Kier alpha value is -0.920. The van der Waals surface area contributed by atoms with E-state index in [-0.39, 0.29) is 17.5 Å². The highest BCUT2D eigenvalue weighted by molar-refractivity contribution is 7.89. The van der Waals surface area contributed by atoms with E-state index < -0.39 is 10.0 Å². The van der Waals surface area contributed by atoms with Gasteiger partial charge in [0, 0.05) is 12.2 Å². The van der Waals surface area contributed by atoms with Gasteiger partial charge < -0.3 is 5.11 Å². The molecule has 0 aliphatic carbocycles. The fourth-order valence-electron chi connectivity index (χ4n) is 1.98. The van der Waals surface area contributed by atoms with Crippen molar-refractivity contribution in [3.8, 4) is 0 Å². The van der Waals surface area contributed by atoms with Crippen LogP contribution < -0.4 is 4.72 Å². The van der Waals surface area contributed by atoms with Crippen molar-refractivity contribution in [1.29, 1.82) is 0 Å². The van der Waals surface area contributed by atoms with Gasteiger partial charge in [-0.25, -0.2) is 13.1 Å². The normalized spacial score (nSPS) is 13.6. The maximum Gasteiger partial charge on any atom is 0.243 e. The van der Waals surface area contributed by atoms with Crippen LogP contribution in [-0.2, 0) is 16.6 Å². The zero-order valence-electron chi connectivity index (χ0n) is 12.2. The highest BCUT2D eigenvalue weighted by Gasteiger charge is 2.19. The number of nitrogens with zero attached hydrogens (tertiary/aromatic N) is 2. The summed E-state index contributed by atoms with van der Waals surface area (Å²) < 4.78 is 28.3. The Kier molecular flexibility index (Phi) is 7.18. The molecule has 1 aromatic heterocycles. The van der Waals surface area contributed by atoms with Crippen LogP contribution >= 0.6 is 0 Å². The summed E-state index contributed by atoms with van der Waals surface area (Å²) in [5.41, 5.74) is 0. The quantitative estimate of drug-likeness (QED) is 0.642. The summed E-state index contributed by atoms with van der Waals surface area (Å²) in [7, 11) is -3.51. The van der Waals surface area contributed by atoms with Crippen LogP contribution in [0.25, 0.3) is 0 Å². The third kappa shape index (κ3) is 5.60. The van der Waals surface area contributed by atoms with E-state index in [0.29, 0.717) is 6.54 Å². The maximum absolute atomic E-state index is 12.1. The van der Waals surface area contributed by atoms with Crippen LogP contribution in [0.2, 0.25) is 0 Å². The lowest BCUT2D eigenvalue weighted by Gasteiger charge is -2.13. The minimum Gasteiger partial charge on any atom is -0.394 e. The summed E-state index contributed by atoms with van der Waals surface area (Å²) in [5, 5.41) is 12.7. The van der Waals surface area contributed by atoms with Crippen molar-refractivity contribution in [2.45, 2.75) is 63.4 Å². The predicted molar refractivity (Wildman–Crippen MR) is 77.9 cm³/mol. The summed E-state index contributed by atoms with van der Waals surface area (Å²) in [5.74, 6) is 0. The third-order valence-electron chi connectivity index (χ3n) is 3.10. The summed E-state index contributed by atoms with van der Waals surface area (Å²) >= 11 is 0. The molecule has 20 heavy (non-hydrogen) atoms. The Bertz CT molecular complexity index is 485. The molecule has 0 aliphatic heterocycles. The van der Waals surface area contributed by atoms with E-state index in [0.717, 1.165) is 19.3 Å². The van der Waals surface area contributed by atoms with Gasteiger partial charge in [-0.1, -0.05) is 32.6 Å². The van der Waals surface area contributed by atoms with Crippen LogP contribution in [0, 0.1) is 0 Å². The molecular weight excluding hydrogens is 278 g/mol. The van der Waals surface area contributed by atoms with E-state index >= 15 is 0 Å². The second-order valence-corrected chi connectivity index (χ2v) is 6.75. The van der Waals surface area contributed by atoms with Crippen LogP contribution in [0.3, 0.4) is 0 Å². The van der Waals surface area contributed by atoms with Crippen LogP contribution in [0.15, 0.2) is 17.3 Å². The van der Waals surface area contributed by atoms with E-state index in [4.69, 9.17) is 5.11 Å². The van der Waals surface area contributed by atoms with E-state index in [1.165, 1.54) is 29.9 Å². The van der Waals surface area contributed by atoms with Crippen LogP contribution in [-0.4, -0.2) is 36.0 Å². The molecule has 0 fully saturated rings. The average Bonchev–Trinajstić information content (AvgIpc) is 2.84. The molecule has 0 saturated heterocycles. The predicted octanol–water partition coefficient (Wildman–Crippen LogP) is 1.51. The summed E-state index contributed by atoms with van der Waals surface area (Å²) in [6.45, 7) is 4.25. The second kappa shape index (κ2) is 8.39. The molecule has 6 nitrogen and oxygen atoms in total. The van der Waals surface area contributed by atoms with E-state index in [2.05, 4.69) is 16.7 Å². The highest BCUT2D eigenvalue weighted by atomic mass is 32.2. The van der Waals surface area contributed by atoms with Gasteiger partial charge in [-0.15, -0.1) is 0 Å². The largest absolute Gasteiger partial charge is 0.394 e. The van der Waals surface area contributed by atoms with Crippen LogP contribution in [0.4, 0.5) is 0 Å². The fourth-order valence-corrected chi connectivity index (χ4v) is 3.21. The van der Waals surface area contributed by atoms with Crippen LogP contribution in [0.1, 0.15) is 46.0 Å². The minimum atomic E-state index is -3.51. The average molecular weight is 303 g/mol. The number of rotatable bonds is 10. The molecule has 1 atom stereocenters. The Labute approximate surface area is 121 Å². The lowest BCUT2D eigenvalue weighted by atomic mass is 10.1. The lowest BCUT2D eigenvalue weighted by molar-refractivity contribution is 0.269. The Morgan fingerprint density at radius 1 is 1.40 bits per heavy atom. The van der Waals surface area contributed by atoms with Crippen molar-refractivity contribution in [3.05, 3.63) is 12.4 Å². The smallest absolute Gasteiger partial charge is 0.243 e. The first kappa shape index (κ1) is 17.1. The Balaban J connectivity index is 2.50. The third-order valence-corrected chi connectivity index (χ3v) is 4.64. The highest BCUT2D eigenvalue weighted by Crippen LogP contribution is 2.11. The molecule has 0 amide bonds. The number of aliphatic hydroxyl groups is 1. The standard InChI is InChI=1S/C13H25N3O3S/c1-3-4-5-6-7-12(2)15-20(18,19)13-10-14-16(11-13)8-9-17/h10-12,15,17H,3-9H2,1-2H3. The topological polar surface area (TPSA) is 84.2 Å².